The van der Waals surface area contributed by atoms with E-state index in [4.69, 9.17) is 37.7 Å². The van der Waals surface area contributed by atoms with Gasteiger partial charge >= 0.3 is 5.97 Å². The summed E-state index contributed by atoms with van der Waals surface area (Å²) < 4.78 is 13.0. The van der Waals surface area contributed by atoms with Crippen LogP contribution in [0, 0.1) is 6.92 Å². The highest BCUT2D eigenvalue weighted by molar-refractivity contribution is 6.38. The first kappa shape index (κ1) is 33.1. The normalized spacial score (nSPS) is 11.1. The molecule has 0 radical (unpaired) electrons. The minimum atomic E-state index is -0.526. The number of imidazole rings is 1. The molecule has 2 aromatic carbocycles. The molecule has 240 valence electrons. The van der Waals surface area contributed by atoms with Crippen molar-refractivity contribution < 1.29 is 23.9 Å². The Bertz CT molecular complexity index is 1960. The summed E-state index contributed by atoms with van der Waals surface area (Å²) in [6.07, 6.45) is 9.51. The second-order valence-corrected chi connectivity index (χ2v) is 11.0. The molecule has 0 saturated heterocycles. The van der Waals surface area contributed by atoms with Crippen molar-refractivity contribution in [2.75, 3.05) is 25.1 Å². The van der Waals surface area contributed by atoms with Crippen molar-refractivity contribution in [2.45, 2.75) is 20.5 Å². The number of benzene rings is 2. The summed E-state index contributed by atoms with van der Waals surface area (Å²) in [7, 11) is 1.55. The van der Waals surface area contributed by atoms with Gasteiger partial charge in [-0.15, -0.1) is 0 Å². The summed E-state index contributed by atoms with van der Waals surface area (Å²) in [4.78, 5) is 51.4. The number of para-hydroxylation sites is 1. The van der Waals surface area contributed by atoms with E-state index in [0.717, 1.165) is 16.8 Å². The largest absolute Gasteiger partial charge is 0.487 e. The molecule has 0 atom stereocenters. The third-order valence-corrected chi connectivity index (χ3v) is 7.85. The predicted molar refractivity (Wildman–Crippen MR) is 180 cm³/mol. The average molecular weight is 674 g/mol. The van der Waals surface area contributed by atoms with Crippen molar-refractivity contribution in [2.24, 2.45) is 0 Å². The van der Waals surface area contributed by atoms with Gasteiger partial charge in [0.25, 0.3) is 0 Å². The molecule has 0 aliphatic carbocycles. The zero-order valence-electron chi connectivity index (χ0n) is 25.7. The summed E-state index contributed by atoms with van der Waals surface area (Å²) in [5.74, 6) is -0.894. The summed E-state index contributed by atoms with van der Waals surface area (Å²) in [6.45, 7) is 3.59. The number of esters is 1. The van der Waals surface area contributed by atoms with Gasteiger partial charge in [0, 0.05) is 53.4 Å². The van der Waals surface area contributed by atoms with Gasteiger partial charge < -0.3 is 24.3 Å². The molecule has 0 aliphatic rings. The molecule has 2 amide bonds. The Hall–Kier alpha value is -5.26. The summed E-state index contributed by atoms with van der Waals surface area (Å²) in [5.41, 5.74) is 4.02. The van der Waals surface area contributed by atoms with E-state index in [2.05, 4.69) is 15.3 Å². The zero-order chi connectivity index (χ0) is 33.5. The van der Waals surface area contributed by atoms with E-state index in [1.807, 2.05) is 42.0 Å². The van der Waals surface area contributed by atoms with Crippen LogP contribution in [0.25, 0.3) is 22.7 Å². The van der Waals surface area contributed by atoms with Gasteiger partial charge in [0.05, 0.1) is 35.9 Å². The van der Waals surface area contributed by atoms with E-state index in [-0.39, 0.29) is 30.5 Å². The topological polar surface area (TPSA) is 129 Å². The minimum Gasteiger partial charge on any atom is -0.487 e. The molecular formula is C34H30Cl2N6O5. The molecule has 0 fully saturated rings. The molecule has 13 heteroatoms. The summed E-state index contributed by atoms with van der Waals surface area (Å²) >= 11 is 13.3. The number of rotatable bonds is 11. The average Bonchev–Trinajstić information content (AvgIpc) is 3.61. The smallest absolute Gasteiger partial charge is 0.356 e. The van der Waals surface area contributed by atoms with Crippen LogP contribution in [-0.4, -0.2) is 57.5 Å². The number of carbonyl (C=O) groups excluding carboxylic acids is 3. The van der Waals surface area contributed by atoms with E-state index in [0.29, 0.717) is 33.1 Å². The van der Waals surface area contributed by atoms with Crippen molar-refractivity contribution in [1.29, 1.82) is 0 Å². The number of amides is 2. The van der Waals surface area contributed by atoms with Crippen molar-refractivity contribution in [3.63, 3.8) is 0 Å². The fourth-order valence-electron chi connectivity index (χ4n) is 4.66. The lowest BCUT2D eigenvalue weighted by molar-refractivity contribution is -0.122. The maximum Gasteiger partial charge on any atom is 0.356 e. The van der Waals surface area contributed by atoms with Gasteiger partial charge in [-0.25, -0.2) is 19.7 Å². The Morgan fingerprint density at radius 2 is 1.94 bits per heavy atom. The molecule has 0 bridgehead atoms. The quantitative estimate of drug-likeness (QED) is 0.134. The van der Waals surface area contributed by atoms with E-state index in [1.165, 1.54) is 29.3 Å². The first-order valence-electron chi connectivity index (χ1n) is 14.5. The predicted octanol–water partition coefficient (Wildman–Crippen LogP) is 5.98. The number of aromatic nitrogens is 4. The van der Waals surface area contributed by atoms with Crippen LogP contribution in [0.4, 0.5) is 5.69 Å². The Labute approximate surface area is 280 Å². The molecule has 47 heavy (non-hydrogen) atoms. The van der Waals surface area contributed by atoms with Gasteiger partial charge in [-0.1, -0.05) is 41.4 Å². The third-order valence-electron chi connectivity index (χ3n) is 7.08. The number of hydrogen-bond donors (Lipinski definition) is 1. The monoisotopic (exact) mass is 672 g/mol. The third kappa shape index (κ3) is 7.76. The molecule has 5 aromatic rings. The molecule has 0 spiro atoms. The van der Waals surface area contributed by atoms with Gasteiger partial charge in [0.15, 0.2) is 0 Å². The number of aryl methyl sites for hydroxylation is 1. The first-order valence-corrected chi connectivity index (χ1v) is 15.3. The lowest BCUT2D eigenvalue weighted by atomic mass is 10.1. The number of pyridine rings is 2. The van der Waals surface area contributed by atoms with Crippen LogP contribution in [0.3, 0.4) is 0 Å². The lowest BCUT2D eigenvalue weighted by Gasteiger charge is -2.21. The number of likely N-dealkylation sites (N-methyl/N-ethyl adjacent to an activating group) is 1. The number of ether oxygens (including phenoxy) is 2. The van der Waals surface area contributed by atoms with Gasteiger partial charge in [-0.2, -0.15) is 0 Å². The van der Waals surface area contributed by atoms with Crippen molar-refractivity contribution in [1.82, 2.24) is 24.8 Å². The van der Waals surface area contributed by atoms with Crippen LogP contribution in [-0.2, 0) is 20.9 Å². The number of nitrogens with zero attached hydrogens (tertiary/aromatic N) is 5. The molecule has 3 aromatic heterocycles. The Morgan fingerprint density at radius 3 is 2.66 bits per heavy atom. The standard InChI is InChI=1S/C34H30Cl2N6O5/c1-4-46-34(45)26-11-8-22(17-38-26)9-13-30(43)39-18-31(44)41(3)27-12-10-25(35)24(32(27)36)19-47-29-7-5-6-23-28(42-15-14-37-20-42)16-21(2)40-33(23)29/h5-17,20H,4,18-19H2,1-3H3,(H,39,43). The van der Waals surface area contributed by atoms with Crippen molar-refractivity contribution in [3.05, 3.63) is 112 Å². The fraction of sp³-hybridized carbons (Fsp3) is 0.176. The molecule has 5 rings (SSSR count). The maximum atomic E-state index is 13.0. The first-order chi connectivity index (χ1) is 22.7. The van der Waals surface area contributed by atoms with E-state index >= 15 is 0 Å². The SMILES string of the molecule is CCOC(=O)c1ccc(C=CC(=O)NCC(=O)N(C)c2ccc(Cl)c(COc3cccc4c(-n5ccnc5)cc(C)nc34)c2Cl)cn1. The van der Waals surface area contributed by atoms with Gasteiger partial charge in [0.1, 0.15) is 23.6 Å². The van der Waals surface area contributed by atoms with Crippen LogP contribution in [0.1, 0.15) is 34.2 Å². The van der Waals surface area contributed by atoms with Crippen molar-refractivity contribution in [3.8, 4) is 11.4 Å². The van der Waals surface area contributed by atoms with E-state index in [1.54, 1.807) is 44.7 Å². The zero-order valence-corrected chi connectivity index (χ0v) is 27.2. The Kier molecular flexibility index (Phi) is 10.5. The lowest BCUT2D eigenvalue weighted by Crippen LogP contribution is -2.37. The Morgan fingerprint density at radius 1 is 1.11 bits per heavy atom. The second kappa shape index (κ2) is 14.9. The Balaban J connectivity index is 1.24. The van der Waals surface area contributed by atoms with Crippen LogP contribution < -0.4 is 15.0 Å². The highest BCUT2D eigenvalue weighted by Crippen LogP contribution is 2.36. The number of nitrogens with one attached hydrogen (secondary N) is 1. The number of carbonyl (C=O) groups is 3. The minimum absolute atomic E-state index is 0.0137. The summed E-state index contributed by atoms with van der Waals surface area (Å²) in [6, 6.07) is 14.0. The second-order valence-electron chi connectivity index (χ2n) is 10.3. The van der Waals surface area contributed by atoms with Gasteiger partial charge in [-0.05, 0) is 55.8 Å². The molecule has 3 heterocycles. The summed E-state index contributed by atoms with van der Waals surface area (Å²) in [5, 5.41) is 4.04. The molecule has 11 nitrogen and oxygen atoms in total. The van der Waals surface area contributed by atoms with Crippen LogP contribution in [0.5, 0.6) is 5.75 Å². The number of anilines is 1. The number of fused-ring (bicyclic) bond motifs is 1. The molecule has 0 saturated carbocycles. The number of halogens is 2. The fourth-order valence-corrected chi connectivity index (χ4v) is 5.27. The van der Waals surface area contributed by atoms with E-state index < -0.39 is 17.8 Å². The molecule has 0 aliphatic heterocycles. The van der Waals surface area contributed by atoms with Crippen LogP contribution >= 0.6 is 23.2 Å². The van der Waals surface area contributed by atoms with Crippen LogP contribution in [0.15, 0.2) is 79.5 Å². The maximum absolute atomic E-state index is 13.0. The molecule has 1 N–H and O–H groups in total. The highest BCUT2D eigenvalue weighted by atomic mass is 35.5. The van der Waals surface area contributed by atoms with E-state index in [9.17, 15) is 14.4 Å². The molecule has 0 unspecified atom stereocenters. The van der Waals surface area contributed by atoms with Crippen molar-refractivity contribution >= 4 is 63.7 Å². The number of hydrogen-bond acceptors (Lipinski definition) is 8. The van der Waals surface area contributed by atoms with Gasteiger partial charge in [0.2, 0.25) is 11.8 Å². The van der Waals surface area contributed by atoms with Crippen LogP contribution in [0.2, 0.25) is 10.0 Å². The molecular weight excluding hydrogens is 643 g/mol. The highest BCUT2D eigenvalue weighted by Gasteiger charge is 2.20. The van der Waals surface area contributed by atoms with Gasteiger partial charge in [-0.3, -0.25) is 9.59 Å².